The molecule has 0 radical (unpaired) electrons. The molecule has 1 atom stereocenters. The highest BCUT2D eigenvalue weighted by Gasteiger charge is 2.13. The fourth-order valence-corrected chi connectivity index (χ4v) is 1.27. The number of nitrogens with one attached hydrogen (secondary N) is 1. The summed E-state index contributed by atoms with van der Waals surface area (Å²) in [5.74, 6) is -0.0128. The average Bonchev–Trinajstić information content (AvgIpc) is 2.21. The molecule has 0 fully saturated rings. The first-order valence-electron chi connectivity index (χ1n) is 5.27. The summed E-state index contributed by atoms with van der Waals surface area (Å²) in [6, 6.07) is 0.430. The lowest BCUT2D eigenvalue weighted by atomic mass is 10.2. The van der Waals surface area contributed by atoms with E-state index in [9.17, 15) is 4.79 Å². The quantitative estimate of drug-likeness (QED) is 0.621. The van der Waals surface area contributed by atoms with Crippen LogP contribution in [-0.2, 0) is 4.79 Å². The van der Waals surface area contributed by atoms with Gasteiger partial charge in [-0.2, -0.15) is 0 Å². The zero-order chi connectivity index (χ0) is 11.0. The summed E-state index contributed by atoms with van der Waals surface area (Å²) < 4.78 is 0. The van der Waals surface area contributed by atoms with Gasteiger partial charge in [0.1, 0.15) is 0 Å². The van der Waals surface area contributed by atoms with E-state index in [2.05, 4.69) is 24.1 Å². The zero-order valence-corrected chi connectivity index (χ0v) is 9.42. The average molecular weight is 202 g/mol. The topological polar surface area (TPSA) is 52.6 Å². The van der Waals surface area contributed by atoms with Gasteiger partial charge in [0.05, 0.1) is 13.2 Å². The fourth-order valence-electron chi connectivity index (χ4n) is 1.27. The van der Waals surface area contributed by atoms with Gasteiger partial charge in [0.25, 0.3) is 0 Å². The van der Waals surface area contributed by atoms with Crippen molar-refractivity contribution in [2.75, 3.05) is 26.2 Å². The minimum Gasteiger partial charge on any atom is -0.395 e. The van der Waals surface area contributed by atoms with Gasteiger partial charge in [0.2, 0.25) is 5.91 Å². The molecule has 0 saturated heterocycles. The minimum absolute atomic E-state index is 0.00119. The van der Waals surface area contributed by atoms with Crippen LogP contribution in [0.5, 0.6) is 0 Å². The van der Waals surface area contributed by atoms with Crippen molar-refractivity contribution in [2.45, 2.75) is 33.2 Å². The van der Waals surface area contributed by atoms with Gasteiger partial charge >= 0.3 is 0 Å². The molecule has 0 bridgehead atoms. The molecule has 4 nitrogen and oxygen atoms in total. The molecule has 0 saturated carbocycles. The van der Waals surface area contributed by atoms with E-state index in [-0.39, 0.29) is 12.5 Å². The summed E-state index contributed by atoms with van der Waals surface area (Å²) >= 11 is 0. The number of aliphatic hydroxyl groups is 1. The second kappa shape index (κ2) is 7.76. The van der Waals surface area contributed by atoms with Crippen LogP contribution in [0.1, 0.15) is 27.2 Å². The predicted octanol–water partition coefficient (Wildman–Crippen LogP) is 0.215. The number of amides is 1. The number of hydrogen-bond donors (Lipinski definition) is 2. The molecule has 1 unspecified atom stereocenters. The predicted molar refractivity (Wildman–Crippen MR) is 57.1 cm³/mol. The number of carbonyl (C=O) groups is 1. The molecule has 0 aromatic rings. The summed E-state index contributed by atoms with van der Waals surface area (Å²) in [5.41, 5.74) is 0. The second-order valence-electron chi connectivity index (χ2n) is 3.39. The van der Waals surface area contributed by atoms with Gasteiger partial charge in [-0.1, -0.05) is 13.8 Å². The number of aliphatic hydroxyl groups excluding tert-OH is 1. The van der Waals surface area contributed by atoms with E-state index < -0.39 is 0 Å². The third-order valence-corrected chi connectivity index (χ3v) is 2.40. The molecule has 2 N–H and O–H groups in total. The Labute approximate surface area is 86.3 Å². The Balaban J connectivity index is 3.85. The molecule has 1 amide bonds. The first-order chi connectivity index (χ1) is 6.65. The van der Waals surface area contributed by atoms with Crippen LogP contribution in [0.15, 0.2) is 0 Å². The zero-order valence-electron chi connectivity index (χ0n) is 9.42. The van der Waals surface area contributed by atoms with Crippen molar-refractivity contribution in [1.29, 1.82) is 0 Å². The largest absolute Gasteiger partial charge is 0.395 e. The van der Waals surface area contributed by atoms with Crippen molar-refractivity contribution in [3.63, 3.8) is 0 Å². The summed E-state index contributed by atoms with van der Waals surface area (Å²) in [6.45, 7) is 7.92. The molecular weight excluding hydrogens is 180 g/mol. The van der Waals surface area contributed by atoms with E-state index in [0.29, 0.717) is 19.1 Å². The molecule has 84 valence electrons. The highest BCUT2D eigenvalue weighted by Crippen LogP contribution is 2.01. The molecule has 0 aliphatic carbocycles. The number of nitrogens with zero attached hydrogens (tertiary/aromatic N) is 1. The highest BCUT2D eigenvalue weighted by molar-refractivity contribution is 5.78. The van der Waals surface area contributed by atoms with Crippen molar-refractivity contribution in [1.82, 2.24) is 10.2 Å². The Morgan fingerprint density at radius 3 is 2.57 bits per heavy atom. The van der Waals surface area contributed by atoms with Crippen molar-refractivity contribution in [2.24, 2.45) is 0 Å². The third kappa shape index (κ3) is 5.19. The van der Waals surface area contributed by atoms with E-state index in [1.807, 2.05) is 6.92 Å². The maximum Gasteiger partial charge on any atom is 0.234 e. The molecule has 0 aliphatic rings. The lowest BCUT2D eigenvalue weighted by Gasteiger charge is -2.25. The van der Waals surface area contributed by atoms with Crippen LogP contribution in [0.3, 0.4) is 0 Å². The van der Waals surface area contributed by atoms with E-state index in [1.165, 1.54) is 0 Å². The number of hydrogen-bond acceptors (Lipinski definition) is 3. The van der Waals surface area contributed by atoms with E-state index in [1.54, 1.807) is 0 Å². The van der Waals surface area contributed by atoms with E-state index in [0.717, 1.165) is 13.0 Å². The minimum atomic E-state index is -0.0128. The Morgan fingerprint density at radius 2 is 2.14 bits per heavy atom. The van der Waals surface area contributed by atoms with Crippen molar-refractivity contribution in [3.05, 3.63) is 0 Å². The summed E-state index contributed by atoms with van der Waals surface area (Å²) in [6.07, 6.45) is 1.04. The Hall–Kier alpha value is -0.610. The molecule has 0 aromatic carbocycles. The first kappa shape index (κ1) is 13.4. The number of rotatable bonds is 7. The SMILES string of the molecule is CCC(C)N(CC)CC(=O)NCCO. The summed E-state index contributed by atoms with van der Waals surface area (Å²) in [5, 5.41) is 11.2. The van der Waals surface area contributed by atoms with Gasteiger partial charge in [-0.3, -0.25) is 9.69 Å². The third-order valence-electron chi connectivity index (χ3n) is 2.40. The standard InChI is InChI=1S/C10H22N2O2/c1-4-9(3)12(5-2)8-10(14)11-6-7-13/h9,13H,4-8H2,1-3H3,(H,11,14). The lowest BCUT2D eigenvalue weighted by Crippen LogP contribution is -2.42. The molecule has 0 spiro atoms. The second-order valence-corrected chi connectivity index (χ2v) is 3.39. The monoisotopic (exact) mass is 202 g/mol. The van der Waals surface area contributed by atoms with E-state index in [4.69, 9.17) is 5.11 Å². The Bertz CT molecular complexity index is 162. The molecule has 4 heteroatoms. The maximum atomic E-state index is 11.3. The Morgan fingerprint density at radius 1 is 1.50 bits per heavy atom. The highest BCUT2D eigenvalue weighted by atomic mass is 16.3. The molecule has 0 aliphatic heterocycles. The lowest BCUT2D eigenvalue weighted by molar-refractivity contribution is -0.122. The summed E-state index contributed by atoms with van der Waals surface area (Å²) in [4.78, 5) is 13.4. The van der Waals surface area contributed by atoms with Crippen LogP contribution < -0.4 is 5.32 Å². The van der Waals surface area contributed by atoms with Crippen molar-refractivity contribution < 1.29 is 9.90 Å². The van der Waals surface area contributed by atoms with Crippen LogP contribution in [-0.4, -0.2) is 48.2 Å². The van der Waals surface area contributed by atoms with Crippen LogP contribution >= 0.6 is 0 Å². The van der Waals surface area contributed by atoms with Gasteiger partial charge in [0.15, 0.2) is 0 Å². The van der Waals surface area contributed by atoms with Gasteiger partial charge in [-0.05, 0) is 19.9 Å². The normalized spacial score (nSPS) is 12.9. The van der Waals surface area contributed by atoms with Gasteiger partial charge in [-0.15, -0.1) is 0 Å². The smallest absolute Gasteiger partial charge is 0.234 e. The van der Waals surface area contributed by atoms with Crippen LogP contribution in [0.2, 0.25) is 0 Å². The Kier molecular flexibility index (Phi) is 7.42. The number of likely N-dealkylation sites (N-methyl/N-ethyl adjacent to an activating group) is 1. The van der Waals surface area contributed by atoms with Crippen LogP contribution in [0.4, 0.5) is 0 Å². The molecular formula is C10H22N2O2. The van der Waals surface area contributed by atoms with Gasteiger partial charge < -0.3 is 10.4 Å². The van der Waals surface area contributed by atoms with Gasteiger partial charge in [0, 0.05) is 12.6 Å². The van der Waals surface area contributed by atoms with E-state index >= 15 is 0 Å². The molecule has 14 heavy (non-hydrogen) atoms. The van der Waals surface area contributed by atoms with Crippen molar-refractivity contribution >= 4 is 5.91 Å². The van der Waals surface area contributed by atoms with Crippen molar-refractivity contribution in [3.8, 4) is 0 Å². The fraction of sp³-hybridized carbons (Fsp3) is 0.900. The number of carbonyl (C=O) groups excluding carboxylic acids is 1. The van der Waals surface area contributed by atoms with Gasteiger partial charge in [-0.25, -0.2) is 0 Å². The molecule has 0 aromatic heterocycles. The molecule has 0 rings (SSSR count). The maximum absolute atomic E-state index is 11.3. The summed E-state index contributed by atoms with van der Waals surface area (Å²) in [7, 11) is 0. The first-order valence-corrected chi connectivity index (χ1v) is 5.27. The van der Waals surface area contributed by atoms with Crippen LogP contribution in [0.25, 0.3) is 0 Å². The molecule has 0 heterocycles. The van der Waals surface area contributed by atoms with Crippen LogP contribution in [0, 0.1) is 0 Å².